The van der Waals surface area contributed by atoms with Gasteiger partial charge in [-0.05, 0) is 0 Å². The first-order valence-corrected chi connectivity index (χ1v) is 11.4. The number of halogens is 6. The Balaban J connectivity index is 3.20. The van der Waals surface area contributed by atoms with Crippen LogP contribution in [0.25, 0.3) is 0 Å². The van der Waals surface area contributed by atoms with Gasteiger partial charge in [-0.15, -0.1) is 134 Å². The predicted molar refractivity (Wildman–Crippen MR) is 127 cm³/mol. The Morgan fingerprint density at radius 1 is 0.533 bits per heavy atom. The van der Waals surface area contributed by atoms with Gasteiger partial charge in [-0.1, -0.05) is 34.6 Å². The zero-order valence-electron chi connectivity index (χ0n) is 7.23. The standard InChI is InChI=1S/C6H3B3I6/c10-7(11)4-1-5(8(12)13)3-6(2-4)9(14)15/h1-3H. The van der Waals surface area contributed by atoms with E-state index >= 15 is 0 Å². The number of hydrogen-bond acceptors (Lipinski definition) is 0. The molecule has 0 amide bonds. The van der Waals surface area contributed by atoms with Crippen LogP contribution < -0.4 is 16.4 Å². The highest BCUT2D eigenvalue weighted by atomic mass is 127. The van der Waals surface area contributed by atoms with Gasteiger partial charge in [-0.25, -0.2) is 0 Å². The second-order valence-corrected chi connectivity index (χ2v) is 17.5. The highest BCUT2D eigenvalue weighted by Gasteiger charge is 2.17. The van der Waals surface area contributed by atoms with Crippen molar-refractivity contribution >= 4 is 158 Å². The van der Waals surface area contributed by atoms with Crippen LogP contribution in [-0.2, 0) is 0 Å². The van der Waals surface area contributed by atoms with Crippen molar-refractivity contribution in [3.05, 3.63) is 18.2 Å². The van der Waals surface area contributed by atoms with E-state index < -0.39 is 0 Å². The average Bonchev–Trinajstić information content (AvgIpc) is 2.16. The van der Waals surface area contributed by atoms with E-state index in [2.05, 4.69) is 152 Å². The maximum atomic E-state index is 2.47. The van der Waals surface area contributed by atoms with Gasteiger partial charge in [0.25, 0.3) is 0 Å². The molecule has 0 bridgehead atoms. The van der Waals surface area contributed by atoms with Gasteiger partial charge in [0.15, 0.2) is 0 Å². The minimum atomic E-state index is 0.553. The maximum absolute atomic E-state index is 2.47. The Labute approximate surface area is 172 Å². The van der Waals surface area contributed by atoms with Gasteiger partial charge in [0.2, 0.25) is 0 Å². The van der Waals surface area contributed by atoms with E-state index in [4.69, 9.17) is 0 Å². The molecule has 0 aliphatic heterocycles. The van der Waals surface area contributed by atoms with Gasteiger partial charge >= 0.3 is 7.28 Å². The topological polar surface area (TPSA) is 0 Å². The van der Waals surface area contributed by atoms with Crippen LogP contribution in [0.2, 0.25) is 0 Å². The Kier molecular flexibility index (Phi) is 9.17. The third-order valence-corrected chi connectivity index (χ3v) is 6.07. The van der Waals surface area contributed by atoms with Gasteiger partial charge in [0, 0.05) is 0 Å². The van der Waals surface area contributed by atoms with Crippen LogP contribution in [-0.4, -0.2) is 7.28 Å². The van der Waals surface area contributed by atoms with Crippen molar-refractivity contribution < 1.29 is 0 Å². The molecular formula is C6H3B3I6. The smallest absolute Gasteiger partial charge is 0.127 e. The summed E-state index contributed by atoms with van der Waals surface area (Å²) in [4.78, 5) is 0. The number of hydrogen-bond donors (Lipinski definition) is 0. The Morgan fingerprint density at radius 2 is 0.733 bits per heavy atom. The molecule has 0 aromatic heterocycles. The molecule has 0 aliphatic carbocycles. The third-order valence-electron chi connectivity index (χ3n) is 1.76. The molecule has 1 aromatic rings. The van der Waals surface area contributed by atoms with Crippen molar-refractivity contribution in [1.29, 1.82) is 0 Å². The van der Waals surface area contributed by atoms with Crippen LogP contribution in [0.5, 0.6) is 0 Å². The lowest BCUT2D eigenvalue weighted by atomic mass is 9.80. The summed E-state index contributed by atoms with van der Waals surface area (Å²) in [6, 6.07) is 6.98. The summed E-state index contributed by atoms with van der Waals surface area (Å²) in [7, 11) is 0. The number of benzene rings is 1. The molecule has 0 heterocycles. The second kappa shape index (κ2) is 8.16. The van der Waals surface area contributed by atoms with Crippen LogP contribution in [0, 0.1) is 0 Å². The van der Waals surface area contributed by atoms with E-state index in [0.29, 0.717) is 7.28 Å². The van der Waals surface area contributed by atoms with Crippen LogP contribution in [0.4, 0.5) is 0 Å². The normalized spacial score (nSPS) is 10.0. The van der Waals surface area contributed by atoms with E-state index in [-0.39, 0.29) is 0 Å². The molecule has 1 aromatic carbocycles. The fourth-order valence-electron chi connectivity index (χ4n) is 1.08. The largest absolute Gasteiger partial charge is 0.320 e. The summed E-state index contributed by atoms with van der Waals surface area (Å²) in [6.45, 7) is 0. The molecule has 0 saturated carbocycles. The summed E-state index contributed by atoms with van der Waals surface area (Å²) in [5.74, 6) is 0. The first kappa shape index (κ1) is 16.8. The molecular weight excluding hydrogens is 866 g/mol. The molecule has 0 fully saturated rings. The van der Waals surface area contributed by atoms with E-state index in [9.17, 15) is 0 Å². The lowest BCUT2D eigenvalue weighted by Gasteiger charge is -2.09. The van der Waals surface area contributed by atoms with E-state index in [1.54, 1.807) is 0 Å². The molecule has 0 aliphatic rings. The summed E-state index contributed by atoms with van der Waals surface area (Å²) < 4.78 is 1.66. The molecule has 0 N–H and O–H groups in total. The highest BCUT2D eigenvalue weighted by Crippen LogP contribution is 2.10. The average molecular weight is 869 g/mol. The van der Waals surface area contributed by atoms with Crippen molar-refractivity contribution in [3.63, 3.8) is 0 Å². The molecule has 0 atom stereocenters. The minimum absolute atomic E-state index is 0.553. The van der Waals surface area contributed by atoms with Crippen LogP contribution >= 0.6 is 134 Å². The molecule has 0 unspecified atom stereocenters. The van der Waals surface area contributed by atoms with E-state index in [1.807, 2.05) is 0 Å². The summed E-state index contributed by atoms with van der Waals surface area (Å²) in [6.07, 6.45) is 0. The maximum Gasteiger partial charge on any atom is 0.320 e. The van der Waals surface area contributed by atoms with E-state index in [0.717, 1.165) is 0 Å². The molecule has 15 heavy (non-hydrogen) atoms. The minimum Gasteiger partial charge on any atom is -0.127 e. The van der Waals surface area contributed by atoms with Crippen LogP contribution in [0.1, 0.15) is 0 Å². The second-order valence-electron chi connectivity index (χ2n) is 2.84. The Morgan fingerprint density at radius 3 is 0.867 bits per heavy atom. The van der Waals surface area contributed by atoms with Crippen molar-refractivity contribution in [2.75, 3.05) is 0 Å². The monoisotopic (exact) mass is 869 g/mol. The van der Waals surface area contributed by atoms with Gasteiger partial charge < -0.3 is 0 Å². The molecule has 9 heteroatoms. The van der Waals surface area contributed by atoms with Crippen molar-refractivity contribution in [2.45, 2.75) is 0 Å². The van der Waals surface area contributed by atoms with Gasteiger partial charge in [0.05, 0.1) is 0 Å². The first-order chi connectivity index (χ1) is 6.91. The van der Waals surface area contributed by atoms with Crippen molar-refractivity contribution in [3.8, 4) is 0 Å². The Hall–Kier alpha value is 3.79. The molecule has 78 valence electrons. The van der Waals surface area contributed by atoms with Gasteiger partial charge in [-0.3, -0.25) is 0 Å². The molecule has 0 nitrogen and oxygen atoms in total. The van der Waals surface area contributed by atoms with Gasteiger partial charge in [0.1, 0.15) is 0 Å². The fourth-order valence-corrected chi connectivity index (χ4v) is 3.24. The lowest BCUT2D eigenvalue weighted by molar-refractivity contribution is 1.91. The zero-order chi connectivity index (χ0) is 11.6. The van der Waals surface area contributed by atoms with Crippen LogP contribution in [0.3, 0.4) is 0 Å². The first-order valence-electron chi connectivity index (χ1n) is 3.91. The third kappa shape index (κ3) is 5.75. The highest BCUT2D eigenvalue weighted by molar-refractivity contribution is 14.3. The van der Waals surface area contributed by atoms with Crippen molar-refractivity contribution in [1.82, 2.24) is 0 Å². The molecule has 0 radical (unpaired) electrons. The molecule has 0 saturated heterocycles. The zero-order valence-corrected chi connectivity index (χ0v) is 20.2. The summed E-state index contributed by atoms with van der Waals surface area (Å²) in [5, 5.41) is 0. The fraction of sp³-hybridized carbons (Fsp3) is 0. The number of rotatable bonds is 3. The SMILES string of the molecule is IB(I)c1cc(B(I)I)cc(B(I)I)c1. The quantitative estimate of drug-likeness (QED) is 0.324. The van der Waals surface area contributed by atoms with E-state index in [1.165, 1.54) is 16.4 Å². The van der Waals surface area contributed by atoms with Crippen molar-refractivity contribution in [2.24, 2.45) is 0 Å². The van der Waals surface area contributed by atoms with Gasteiger partial charge in [-0.2, -0.15) is 0 Å². The molecule has 1 rings (SSSR count). The predicted octanol–water partition coefficient (Wildman–Crippen LogP) is 3.38. The lowest BCUT2D eigenvalue weighted by Crippen LogP contribution is -2.35. The van der Waals surface area contributed by atoms with Crippen LogP contribution in [0.15, 0.2) is 18.2 Å². The molecule has 0 spiro atoms. The summed E-state index contributed by atoms with van der Waals surface area (Å²) >= 11 is 14.8. The Bertz CT molecular complexity index is 277. The summed E-state index contributed by atoms with van der Waals surface area (Å²) in [5.41, 5.74) is 4.29.